The minimum absolute atomic E-state index is 0.139. The van der Waals surface area contributed by atoms with Crippen LogP contribution in [0.4, 0.5) is 5.69 Å². The van der Waals surface area contributed by atoms with Gasteiger partial charge in [0.1, 0.15) is 10.7 Å². The fourth-order valence-electron chi connectivity index (χ4n) is 2.71. The highest BCUT2D eigenvalue weighted by Gasteiger charge is 2.26. The lowest BCUT2D eigenvalue weighted by atomic mass is 10.2. The molecule has 7 heteroatoms. The molecule has 0 radical (unpaired) electrons. The molecule has 3 aromatic rings. The first-order valence-electron chi connectivity index (χ1n) is 8.76. The average Bonchev–Trinajstić information content (AvgIpc) is 2.96. The molecule has 144 valence electrons. The Morgan fingerprint density at radius 1 is 1.11 bits per heavy atom. The predicted octanol–water partition coefficient (Wildman–Crippen LogP) is 4.33. The lowest BCUT2D eigenvalue weighted by Crippen LogP contribution is -2.30. The number of rotatable bonds is 5. The van der Waals surface area contributed by atoms with E-state index in [9.17, 15) is 9.59 Å². The van der Waals surface area contributed by atoms with Gasteiger partial charge in [0.2, 0.25) is 0 Å². The number of anilines is 1. The van der Waals surface area contributed by atoms with Gasteiger partial charge in [0.25, 0.3) is 5.91 Å². The van der Waals surface area contributed by atoms with Crippen LogP contribution in [-0.2, 0) is 9.53 Å². The maximum Gasteiger partial charge on any atom is 0.344 e. The van der Waals surface area contributed by atoms with E-state index in [4.69, 9.17) is 16.3 Å². The summed E-state index contributed by atoms with van der Waals surface area (Å²) in [5.74, 6) is -1.13. The van der Waals surface area contributed by atoms with E-state index < -0.39 is 18.0 Å². The Hall–Kier alpha value is -3.12. The SMILES string of the molecule is Cc1cccc(NC(=O)[C@@H](C)OC(=O)c2c(C)nn(-c3ccccc3)c2Cl)c1. The molecule has 0 aliphatic heterocycles. The van der Waals surface area contributed by atoms with E-state index in [1.807, 2.05) is 55.5 Å². The van der Waals surface area contributed by atoms with Gasteiger partial charge in [0, 0.05) is 5.69 Å². The van der Waals surface area contributed by atoms with Crippen LogP contribution >= 0.6 is 11.6 Å². The van der Waals surface area contributed by atoms with E-state index in [1.54, 1.807) is 13.0 Å². The monoisotopic (exact) mass is 397 g/mol. The number of ether oxygens (including phenoxy) is 1. The zero-order valence-electron chi connectivity index (χ0n) is 15.8. The Kier molecular flexibility index (Phi) is 5.80. The van der Waals surface area contributed by atoms with Gasteiger partial charge in [-0.1, -0.05) is 41.9 Å². The predicted molar refractivity (Wildman–Crippen MR) is 108 cm³/mol. The molecule has 1 atom stereocenters. The van der Waals surface area contributed by atoms with E-state index in [0.717, 1.165) is 11.3 Å². The number of amides is 1. The van der Waals surface area contributed by atoms with Gasteiger partial charge in [0.15, 0.2) is 6.10 Å². The topological polar surface area (TPSA) is 73.2 Å². The molecule has 0 saturated carbocycles. The fourth-order valence-corrected chi connectivity index (χ4v) is 3.06. The average molecular weight is 398 g/mol. The molecule has 0 unspecified atom stereocenters. The molecule has 0 saturated heterocycles. The Morgan fingerprint density at radius 2 is 1.82 bits per heavy atom. The molecule has 0 fully saturated rings. The molecule has 0 aliphatic rings. The highest BCUT2D eigenvalue weighted by molar-refractivity contribution is 6.33. The summed E-state index contributed by atoms with van der Waals surface area (Å²) in [6.07, 6.45) is -0.997. The van der Waals surface area contributed by atoms with Crippen molar-refractivity contribution in [1.82, 2.24) is 9.78 Å². The van der Waals surface area contributed by atoms with Crippen LogP contribution < -0.4 is 5.32 Å². The maximum atomic E-state index is 12.6. The summed E-state index contributed by atoms with van der Waals surface area (Å²) in [6, 6.07) is 16.6. The second kappa shape index (κ2) is 8.27. The summed E-state index contributed by atoms with van der Waals surface area (Å²) in [7, 11) is 0. The smallest absolute Gasteiger partial charge is 0.344 e. The van der Waals surface area contributed by atoms with Gasteiger partial charge in [-0.3, -0.25) is 4.79 Å². The third-order valence-corrected chi connectivity index (χ3v) is 4.50. The molecule has 3 rings (SSSR count). The largest absolute Gasteiger partial charge is 0.449 e. The molecule has 1 heterocycles. The molecule has 1 aromatic heterocycles. The molecule has 6 nitrogen and oxygen atoms in total. The van der Waals surface area contributed by atoms with Gasteiger partial charge in [-0.25, -0.2) is 9.48 Å². The maximum absolute atomic E-state index is 12.6. The van der Waals surface area contributed by atoms with E-state index in [0.29, 0.717) is 11.4 Å². The van der Waals surface area contributed by atoms with Crippen molar-refractivity contribution in [3.63, 3.8) is 0 Å². The van der Waals surface area contributed by atoms with Crippen LogP contribution in [0, 0.1) is 13.8 Å². The molecule has 1 N–H and O–H groups in total. The van der Waals surface area contributed by atoms with E-state index in [1.165, 1.54) is 11.6 Å². The van der Waals surface area contributed by atoms with Crippen molar-refractivity contribution in [3.8, 4) is 5.69 Å². The molecular formula is C21H20ClN3O3. The van der Waals surface area contributed by atoms with E-state index >= 15 is 0 Å². The minimum Gasteiger partial charge on any atom is -0.449 e. The molecule has 2 aromatic carbocycles. The number of carbonyl (C=O) groups is 2. The minimum atomic E-state index is -0.997. The summed E-state index contributed by atoms with van der Waals surface area (Å²) in [5, 5.41) is 7.18. The zero-order valence-corrected chi connectivity index (χ0v) is 16.5. The van der Waals surface area contributed by atoms with Crippen LogP contribution in [0.15, 0.2) is 54.6 Å². The van der Waals surface area contributed by atoms with Crippen molar-refractivity contribution >= 4 is 29.2 Å². The Labute approximate surface area is 168 Å². The molecule has 28 heavy (non-hydrogen) atoms. The van der Waals surface area contributed by atoms with Crippen LogP contribution in [0.3, 0.4) is 0 Å². The van der Waals surface area contributed by atoms with Gasteiger partial charge >= 0.3 is 5.97 Å². The summed E-state index contributed by atoms with van der Waals surface area (Å²) in [4.78, 5) is 25.0. The summed E-state index contributed by atoms with van der Waals surface area (Å²) >= 11 is 6.37. The fraction of sp³-hybridized carbons (Fsp3) is 0.190. The number of hydrogen-bond acceptors (Lipinski definition) is 4. The molecule has 1 amide bonds. The highest BCUT2D eigenvalue weighted by Crippen LogP contribution is 2.24. The second-order valence-corrected chi connectivity index (χ2v) is 6.76. The van der Waals surface area contributed by atoms with E-state index in [2.05, 4.69) is 10.4 Å². The van der Waals surface area contributed by atoms with Gasteiger partial charge in [-0.2, -0.15) is 5.10 Å². The summed E-state index contributed by atoms with van der Waals surface area (Å²) < 4.78 is 6.79. The molecule has 0 aliphatic carbocycles. The zero-order chi connectivity index (χ0) is 20.3. The van der Waals surface area contributed by atoms with Crippen molar-refractivity contribution in [2.24, 2.45) is 0 Å². The lowest BCUT2D eigenvalue weighted by molar-refractivity contribution is -0.123. The normalized spacial score (nSPS) is 11.7. The van der Waals surface area contributed by atoms with Crippen molar-refractivity contribution in [2.75, 3.05) is 5.32 Å². The van der Waals surface area contributed by atoms with Crippen molar-refractivity contribution in [1.29, 1.82) is 0 Å². The van der Waals surface area contributed by atoms with Crippen molar-refractivity contribution in [2.45, 2.75) is 26.9 Å². The molecule has 0 bridgehead atoms. The number of halogens is 1. The number of aryl methyl sites for hydroxylation is 2. The van der Waals surface area contributed by atoms with Crippen LogP contribution in [0.25, 0.3) is 5.69 Å². The lowest BCUT2D eigenvalue weighted by Gasteiger charge is -2.14. The first-order valence-corrected chi connectivity index (χ1v) is 9.13. The second-order valence-electron chi connectivity index (χ2n) is 6.40. The van der Waals surface area contributed by atoms with Crippen LogP contribution in [0.2, 0.25) is 5.15 Å². The van der Waals surface area contributed by atoms with Crippen LogP contribution in [0.1, 0.15) is 28.5 Å². The summed E-state index contributed by atoms with van der Waals surface area (Å²) in [5.41, 5.74) is 2.93. The van der Waals surface area contributed by atoms with Crippen LogP contribution in [0.5, 0.6) is 0 Å². The standard InChI is InChI=1S/C21H20ClN3O3/c1-13-8-7-9-16(12-13)23-20(26)15(3)28-21(27)18-14(2)24-25(19(18)22)17-10-5-4-6-11-17/h4-12,15H,1-3H3,(H,23,26)/t15-/m1/s1. The number of esters is 1. The third-order valence-electron chi connectivity index (χ3n) is 4.15. The Bertz CT molecular complexity index is 1010. The number of nitrogens with zero attached hydrogens (tertiary/aromatic N) is 2. The first kappa shape index (κ1) is 19.6. The van der Waals surface area contributed by atoms with Gasteiger partial charge in [-0.05, 0) is 50.6 Å². The quantitative estimate of drug-likeness (QED) is 0.650. The number of nitrogens with one attached hydrogen (secondary N) is 1. The molecule has 0 spiro atoms. The molecular weight excluding hydrogens is 378 g/mol. The Morgan fingerprint density at radius 3 is 2.50 bits per heavy atom. The highest BCUT2D eigenvalue weighted by atomic mass is 35.5. The van der Waals surface area contributed by atoms with Gasteiger partial charge in [-0.15, -0.1) is 0 Å². The van der Waals surface area contributed by atoms with Crippen molar-refractivity contribution < 1.29 is 14.3 Å². The number of hydrogen-bond donors (Lipinski definition) is 1. The van der Waals surface area contributed by atoms with Crippen LogP contribution in [-0.4, -0.2) is 27.8 Å². The van der Waals surface area contributed by atoms with Gasteiger partial charge in [0.05, 0.1) is 11.4 Å². The Balaban J connectivity index is 1.74. The number of carbonyl (C=O) groups excluding carboxylic acids is 2. The van der Waals surface area contributed by atoms with E-state index in [-0.39, 0.29) is 10.7 Å². The van der Waals surface area contributed by atoms with Crippen molar-refractivity contribution in [3.05, 3.63) is 76.6 Å². The number of aromatic nitrogens is 2. The van der Waals surface area contributed by atoms with Gasteiger partial charge < -0.3 is 10.1 Å². The third kappa shape index (κ3) is 4.23. The first-order chi connectivity index (χ1) is 13.4. The summed E-state index contributed by atoms with van der Waals surface area (Å²) in [6.45, 7) is 5.10. The number of benzene rings is 2. The number of para-hydroxylation sites is 1.